The lowest BCUT2D eigenvalue weighted by atomic mass is 10.2. The van der Waals surface area contributed by atoms with Crippen molar-refractivity contribution in [3.63, 3.8) is 0 Å². The normalized spacial score (nSPS) is 10.7. The monoisotopic (exact) mass is 449 g/mol. The van der Waals surface area contributed by atoms with Crippen LogP contribution in [0, 0.1) is 6.92 Å². The molecule has 1 N–H and O–H groups in total. The van der Waals surface area contributed by atoms with Crippen molar-refractivity contribution in [2.75, 3.05) is 25.3 Å². The van der Waals surface area contributed by atoms with E-state index in [1.165, 1.54) is 11.8 Å². The lowest BCUT2D eigenvalue weighted by molar-refractivity contribution is -0.113. The zero-order chi connectivity index (χ0) is 22.5. The van der Waals surface area contributed by atoms with E-state index in [0.717, 1.165) is 16.9 Å². The number of aromatic nitrogens is 4. The third-order valence-electron chi connectivity index (χ3n) is 4.72. The SMILES string of the molecule is COc1cccc(-c2nnc(SCC(=O)Nc3cc(C)ccc3OC)n2-n2cccc2)c1. The molecule has 0 aliphatic rings. The second kappa shape index (κ2) is 9.61. The van der Waals surface area contributed by atoms with Crippen molar-refractivity contribution in [2.45, 2.75) is 12.1 Å². The zero-order valence-electron chi connectivity index (χ0n) is 18.0. The summed E-state index contributed by atoms with van der Waals surface area (Å²) in [5.74, 6) is 1.98. The van der Waals surface area contributed by atoms with E-state index < -0.39 is 0 Å². The first-order valence-electron chi connectivity index (χ1n) is 9.90. The fourth-order valence-electron chi connectivity index (χ4n) is 3.20. The number of amides is 1. The molecule has 0 spiro atoms. The van der Waals surface area contributed by atoms with Gasteiger partial charge in [-0.15, -0.1) is 10.2 Å². The van der Waals surface area contributed by atoms with E-state index in [4.69, 9.17) is 9.47 Å². The van der Waals surface area contributed by atoms with Gasteiger partial charge in [0, 0.05) is 18.0 Å². The number of aryl methyl sites for hydroxylation is 1. The summed E-state index contributed by atoms with van der Waals surface area (Å²) in [6.45, 7) is 1.96. The zero-order valence-corrected chi connectivity index (χ0v) is 18.8. The van der Waals surface area contributed by atoms with Gasteiger partial charge in [-0.05, 0) is 48.9 Å². The first kappa shape index (κ1) is 21.5. The predicted octanol–water partition coefficient (Wildman–Crippen LogP) is 4.11. The van der Waals surface area contributed by atoms with Gasteiger partial charge in [0.1, 0.15) is 11.5 Å². The van der Waals surface area contributed by atoms with E-state index in [1.54, 1.807) is 14.2 Å². The molecule has 0 radical (unpaired) electrons. The first-order chi connectivity index (χ1) is 15.6. The largest absolute Gasteiger partial charge is 0.497 e. The van der Waals surface area contributed by atoms with Crippen molar-refractivity contribution in [3.8, 4) is 22.9 Å². The van der Waals surface area contributed by atoms with Gasteiger partial charge in [-0.2, -0.15) is 0 Å². The Balaban J connectivity index is 1.57. The summed E-state index contributed by atoms with van der Waals surface area (Å²) >= 11 is 1.30. The molecule has 2 aromatic heterocycles. The van der Waals surface area contributed by atoms with Crippen LogP contribution in [-0.2, 0) is 4.79 Å². The van der Waals surface area contributed by atoms with Crippen LogP contribution in [0.3, 0.4) is 0 Å². The molecule has 164 valence electrons. The van der Waals surface area contributed by atoms with Crippen LogP contribution in [0.4, 0.5) is 5.69 Å². The fraction of sp³-hybridized carbons (Fsp3) is 0.174. The van der Waals surface area contributed by atoms with Crippen molar-refractivity contribution in [1.82, 2.24) is 19.5 Å². The van der Waals surface area contributed by atoms with E-state index in [9.17, 15) is 4.79 Å². The van der Waals surface area contributed by atoms with Gasteiger partial charge < -0.3 is 14.8 Å². The summed E-state index contributed by atoms with van der Waals surface area (Å²) in [6.07, 6.45) is 3.80. The van der Waals surface area contributed by atoms with Crippen molar-refractivity contribution in [2.24, 2.45) is 0 Å². The maximum Gasteiger partial charge on any atom is 0.234 e. The molecule has 0 aliphatic heterocycles. The Bertz CT molecular complexity index is 1220. The number of benzene rings is 2. The number of ether oxygens (including phenoxy) is 2. The summed E-state index contributed by atoms with van der Waals surface area (Å²) in [5.41, 5.74) is 2.53. The molecule has 0 unspecified atom stereocenters. The standard InChI is InChI=1S/C23H23N5O3S/c1-16-9-10-20(31-3)19(13-16)24-21(29)15-32-23-26-25-22(28(23)27-11-4-5-12-27)17-7-6-8-18(14-17)30-2/h4-14H,15H2,1-3H3,(H,24,29). The summed E-state index contributed by atoms with van der Waals surface area (Å²) in [4.78, 5) is 12.7. The average molecular weight is 450 g/mol. The Morgan fingerprint density at radius 3 is 2.59 bits per heavy atom. The summed E-state index contributed by atoms with van der Waals surface area (Å²) in [6, 6.07) is 17.1. The molecule has 4 aromatic rings. The highest BCUT2D eigenvalue weighted by molar-refractivity contribution is 7.99. The second-order valence-electron chi connectivity index (χ2n) is 6.95. The molecule has 8 nitrogen and oxygen atoms in total. The van der Waals surface area contributed by atoms with Crippen LogP contribution in [0.15, 0.2) is 72.1 Å². The number of carbonyl (C=O) groups is 1. The number of hydrogen-bond acceptors (Lipinski definition) is 6. The van der Waals surface area contributed by atoms with Crippen molar-refractivity contribution < 1.29 is 14.3 Å². The number of methoxy groups -OCH3 is 2. The topological polar surface area (TPSA) is 83.2 Å². The van der Waals surface area contributed by atoms with E-state index in [-0.39, 0.29) is 11.7 Å². The van der Waals surface area contributed by atoms with Crippen molar-refractivity contribution >= 4 is 23.4 Å². The molecule has 0 saturated carbocycles. The van der Waals surface area contributed by atoms with Gasteiger partial charge in [-0.1, -0.05) is 30.0 Å². The molecular weight excluding hydrogens is 426 g/mol. The Labute approximate surface area is 190 Å². The molecule has 9 heteroatoms. The highest BCUT2D eigenvalue weighted by Crippen LogP contribution is 2.28. The van der Waals surface area contributed by atoms with Crippen LogP contribution in [0.25, 0.3) is 11.4 Å². The molecule has 0 aliphatic carbocycles. The van der Waals surface area contributed by atoms with E-state index >= 15 is 0 Å². The number of carbonyl (C=O) groups excluding carboxylic acids is 1. The van der Waals surface area contributed by atoms with Gasteiger partial charge in [0.05, 0.1) is 25.7 Å². The minimum absolute atomic E-state index is 0.161. The highest BCUT2D eigenvalue weighted by Gasteiger charge is 2.18. The minimum Gasteiger partial charge on any atom is -0.497 e. The summed E-state index contributed by atoms with van der Waals surface area (Å²) in [5, 5.41) is 12.2. The Kier molecular flexibility index (Phi) is 6.46. The fourth-order valence-corrected chi connectivity index (χ4v) is 3.93. The number of thioether (sulfide) groups is 1. The van der Waals surface area contributed by atoms with Crippen molar-refractivity contribution in [3.05, 3.63) is 72.6 Å². The van der Waals surface area contributed by atoms with Gasteiger partial charge in [-0.3, -0.25) is 9.47 Å². The maximum absolute atomic E-state index is 12.7. The predicted molar refractivity (Wildman–Crippen MR) is 124 cm³/mol. The molecule has 0 fully saturated rings. The lowest BCUT2D eigenvalue weighted by Crippen LogP contribution is -2.16. The average Bonchev–Trinajstić information content (AvgIpc) is 3.47. The van der Waals surface area contributed by atoms with Gasteiger partial charge in [0.2, 0.25) is 11.1 Å². The molecule has 2 aromatic carbocycles. The third-order valence-corrected chi connectivity index (χ3v) is 5.64. The van der Waals surface area contributed by atoms with Gasteiger partial charge in [-0.25, -0.2) is 4.68 Å². The number of nitrogens with zero attached hydrogens (tertiary/aromatic N) is 4. The number of rotatable bonds is 8. The Morgan fingerprint density at radius 2 is 1.84 bits per heavy atom. The lowest BCUT2D eigenvalue weighted by Gasteiger charge is -2.13. The molecule has 4 rings (SSSR count). The van der Waals surface area contributed by atoms with Crippen LogP contribution in [0.5, 0.6) is 11.5 Å². The third kappa shape index (κ3) is 4.62. The van der Waals surface area contributed by atoms with Crippen LogP contribution in [0.2, 0.25) is 0 Å². The van der Waals surface area contributed by atoms with Crippen LogP contribution < -0.4 is 14.8 Å². The smallest absolute Gasteiger partial charge is 0.234 e. The van der Waals surface area contributed by atoms with Crippen LogP contribution >= 0.6 is 11.8 Å². The van der Waals surface area contributed by atoms with Gasteiger partial charge >= 0.3 is 0 Å². The Hall–Kier alpha value is -3.72. The minimum atomic E-state index is -0.163. The molecule has 2 heterocycles. The van der Waals surface area contributed by atoms with Crippen molar-refractivity contribution in [1.29, 1.82) is 0 Å². The summed E-state index contributed by atoms with van der Waals surface area (Å²) < 4.78 is 14.4. The first-order valence-corrected chi connectivity index (χ1v) is 10.9. The van der Waals surface area contributed by atoms with E-state index in [0.29, 0.717) is 22.4 Å². The maximum atomic E-state index is 12.7. The highest BCUT2D eigenvalue weighted by atomic mass is 32.2. The second-order valence-corrected chi connectivity index (χ2v) is 7.90. The Morgan fingerprint density at radius 1 is 1.03 bits per heavy atom. The molecule has 0 bridgehead atoms. The number of nitrogens with one attached hydrogen (secondary N) is 1. The van der Waals surface area contributed by atoms with E-state index in [1.807, 2.05) is 83.3 Å². The molecule has 0 saturated heterocycles. The quantitative estimate of drug-likeness (QED) is 0.408. The molecule has 0 atom stereocenters. The molecule has 1 amide bonds. The van der Waals surface area contributed by atoms with Gasteiger partial charge in [0.25, 0.3) is 0 Å². The van der Waals surface area contributed by atoms with Gasteiger partial charge in [0.15, 0.2) is 5.82 Å². The van der Waals surface area contributed by atoms with Crippen LogP contribution in [0.1, 0.15) is 5.56 Å². The molecule has 32 heavy (non-hydrogen) atoms. The number of anilines is 1. The number of hydrogen-bond donors (Lipinski definition) is 1. The van der Waals surface area contributed by atoms with Crippen LogP contribution in [-0.4, -0.2) is 45.4 Å². The molecular formula is C23H23N5O3S. The summed E-state index contributed by atoms with van der Waals surface area (Å²) in [7, 11) is 3.20. The van der Waals surface area contributed by atoms with E-state index in [2.05, 4.69) is 15.5 Å².